The molecular formula is C36H36Cl2F3N3O4S. The monoisotopic (exact) mass is 733 g/mol. The maximum atomic E-state index is 14.6. The predicted molar refractivity (Wildman–Crippen MR) is 186 cm³/mol. The number of carbonyl (C=O) groups excluding carboxylic acids is 2. The van der Waals surface area contributed by atoms with Crippen molar-refractivity contribution >= 4 is 50.7 Å². The molecule has 4 aromatic carbocycles. The van der Waals surface area contributed by atoms with Crippen LogP contribution < -0.4 is 9.62 Å². The van der Waals surface area contributed by atoms with Crippen molar-refractivity contribution in [3.8, 4) is 0 Å². The van der Waals surface area contributed by atoms with E-state index in [1.54, 1.807) is 67.6 Å². The molecule has 7 nitrogen and oxygen atoms in total. The highest BCUT2D eigenvalue weighted by Crippen LogP contribution is 2.34. The second-order valence-electron chi connectivity index (χ2n) is 11.9. The topological polar surface area (TPSA) is 86.8 Å². The van der Waals surface area contributed by atoms with Gasteiger partial charge in [0.1, 0.15) is 12.6 Å². The van der Waals surface area contributed by atoms with Gasteiger partial charge in [-0.2, -0.15) is 13.2 Å². The van der Waals surface area contributed by atoms with Gasteiger partial charge < -0.3 is 10.2 Å². The maximum Gasteiger partial charge on any atom is 0.416 e. The lowest BCUT2D eigenvalue weighted by molar-refractivity contribution is -0.140. The van der Waals surface area contributed by atoms with Crippen LogP contribution in [0, 0.1) is 12.8 Å². The minimum Gasteiger partial charge on any atom is -0.354 e. The molecule has 0 spiro atoms. The van der Waals surface area contributed by atoms with Crippen LogP contribution in [0.3, 0.4) is 0 Å². The van der Waals surface area contributed by atoms with Crippen molar-refractivity contribution in [3.05, 3.63) is 129 Å². The van der Waals surface area contributed by atoms with E-state index in [-0.39, 0.29) is 46.1 Å². The Morgan fingerprint density at radius 3 is 2.06 bits per heavy atom. The van der Waals surface area contributed by atoms with E-state index in [2.05, 4.69) is 5.32 Å². The van der Waals surface area contributed by atoms with Crippen LogP contribution in [-0.4, -0.2) is 44.3 Å². The van der Waals surface area contributed by atoms with Gasteiger partial charge in [0.05, 0.1) is 16.1 Å². The summed E-state index contributed by atoms with van der Waals surface area (Å²) in [6, 6.07) is 21.9. The summed E-state index contributed by atoms with van der Waals surface area (Å²) < 4.78 is 70.4. The van der Waals surface area contributed by atoms with Crippen LogP contribution in [0.15, 0.2) is 102 Å². The number of carbonyl (C=O) groups is 2. The van der Waals surface area contributed by atoms with Crippen molar-refractivity contribution < 1.29 is 31.2 Å². The van der Waals surface area contributed by atoms with Crippen molar-refractivity contribution in [1.82, 2.24) is 10.2 Å². The van der Waals surface area contributed by atoms with Crippen molar-refractivity contribution in [2.24, 2.45) is 5.92 Å². The number of anilines is 1. The molecule has 260 valence electrons. The first kappa shape index (κ1) is 37.8. The van der Waals surface area contributed by atoms with Crippen LogP contribution in [0.5, 0.6) is 0 Å². The first-order valence-electron chi connectivity index (χ1n) is 15.4. The molecule has 0 unspecified atom stereocenters. The molecule has 49 heavy (non-hydrogen) atoms. The summed E-state index contributed by atoms with van der Waals surface area (Å²) >= 11 is 13.0. The lowest BCUT2D eigenvalue weighted by atomic mass is 10.0. The number of nitrogens with zero attached hydrogens (tertiary/aromatic N) is 2. The molecule has 1 atom stereocenters. The zero-order chi connectivity index (χ0) is 35.9. The zero-order valence-electron chi connectivity index (χ0n) is 27.0. The van der Waals surface area contributed by atoms with E-state index in [1.165, 1.54) is 23.1 Å². The number of halogens is 5. The van der Waals surface area contributed by atoms with Crippen LogP contribution in [-0.2, 0) is 38.8 Å². The molecule has 0 aliphatic carbocycles. The third-order valence-corrected chi connectivity index (χ3v) is 10.2. The van der Waals surface area contributed by atoms with Crippen molar-refractivity contribution in [1.29, 1.82) is 0 Å². The summed E-state index contributed by atoms with van der Waals surface area (Å²) in [5.74, 6) is -1.31. The Bertz CT molecular complexity index is 1850. The Morgan fingerprint density at radius 1 is 0.857 bits per heavy atom. The predicted octanol–water partition coefficient (Wildman–Crippen LogP) is 7.93. The van der Waals surface area contributed by atoms with E-state index in [0.29, 0.717) is 21.5 Å². The average molecular weight is 735 g/mol. The van der Waals surface area contributed by atoms with E-state index in [9.17, 15) is 31.2 Å². The fraction of sp³-hybridized carbons (Fsp3) is 0.278. The molecule has 0 aliphatic heterocycles. The fourth-order valence-electron chi connectivity index (χ4n) is 5.03. The maximum absolute atomic E-state index is 14.6. The van der Waals surface area contributed by atoms with Gasteiger partial charge >= 0.3 is 6.18 Å². The Kier molecular flexibility index (Phi) is 12.4. The molecule has 0 saturated carbocycles. The van der Waals surface area contributed by atoms with E-state index in [0.717, 1.165) is 17.7 Å². The molecule has 0 saturated heterocycles. The Balaban J connectivity index is 1.87. The van der Waals surface area contributed by atoms with Crippen LogP contribution >= 0.6 is 23.2 Å². The van der Waals surface area contributed by atoms with Gasteiger partial charge in [-0.1, -0.05) is 97.2 Å². The van der Waals surface area contributed by atoms with Crippen LogP contribution in [0.25, 0.3) is 0 Å². The van der Waals surface area contributed by atoms with E-state index in [4.69, 9.17) is 23.2 Å². The standard InChI is InChI=1S/C36H36Cl2F3N3O4S/c1-24(2)21-42-35(46)33(19-26-9-5-4-6-10-26)43(22-30-31(37)13-8-14-32(30)38)34(45)23-44(28-12-7-11-27(20-28)36(39,40)41)49(47,48)29-17-15-25(3)16-18-29/h4-18,20,24,33H,19,21-23H2,1-3H3,(H,42,46)/t33-/m0/s1. The average Bonchev–Trinajstić information content (AvgIpc) is 3.05. The number of benzene rings is 4. The molecule has 2 amide bonds. The number of hydrogen-bond acceptors (Lipinski definition) is 4. The van der Waals surface area contributed by atoms with Gasteiger partial charge in [0.15, 0.2) is 0 Å². The van der Waals surface area contributed by atoms with Gasteiger partial charge in [-0.15, -0.1) is 0 Å². The van der Waals surface area contributed by atoms with E-state index >= 15 is 0 Å². The molecule has 13 heteroatoms. The molecular weight excluding hydrogens is 698 g/mol. The smallest absolute Gasteiger partial charge is 0.354 e. The minimum atomic E-state index is -4.79. The third-order valence-electron chi connectivity index (χ3n) is 7.70. The van der Waals surface area contributed by atoms with Gasteiger partial charge in [-0.3, -0.25) is 13.9 Å². The molecule has 0 heterocycles. The molecule has 0 aliphatic rings. The molecule has 0 aromatic heterocycles. The third kappa shape index (κ3) is 9.77. The Hall–Kier alpha value is -4.06. The summed E-state index contributed by atoms with van der Waals surface area (Å²) in [5.41, 5.74) is 0.275. The lowest BCUT2D eigenvalue weighted by Crippen LogP contribution is -2.53. The molecule has 0 radical (unpaired) electrons. The molecule has 1 N–H and O–H groups in total. The van der Waals surface area contributed by atoms with Crippen LogP contribution in [0.4, 0.5) is 18.9 Å². The lowest BCUT2D eigenvalue weighted by Gasteiger charge is -2.34. The highest BCUT2D eigenvalue weighted by Gasteiger charge is 2.37. The second-order valence-corrected chi connectivity index (χ2v) is 14.6. The molecule has 4 rings (SSSR count). The van der Waals surface area contributed by atoms with Gasteiger partial charge in [-0.05, 0) is 60.9 Å². The van der Waals surface area contributed by atoms with Gasteiger partial charge in [0.25, 0.3) is 10.0 Å². The molecule has 0 fully saturated rings. The number of rotatable bonds is 13. The summed E-state index contributed by atoms with van der Waals surface area (Å²) in [7, 11) is -4.61. The summed E-state index contributed by atoms with van der Waals surface area (Å²) in [6.07, 6.45) is -4.76. The quantitative estimate of drug-likeness (QED) is 0.151. The highest BCUT2D eigenvalue weighted by molar-refractivity contribution is 7.92. The number of sulfonamides is 1. The number of nitrogens with one attached hydrogen (secondary N) is 1. The summed E-state index contributed by atoms with van der Waals surface area (Å²) in [4.78, 5) is 29.4. The SMILES string of the molecule is Cc1ccc(S(=O)(=O)N(CC(=O)N(Cc2c(Cl)cccc2Cl)[C@@H](Cc2ccccc2)C(=O)NCC(C)C)c2cccc(C(F)(F)F)c2)cc1. The van der Waals surface area contributed by atoms with E-state index < -0.39 is 46.2 Å². The number of amides is 2. The number of alkyl halides is 3. The van der Waals surface area contributed by atoms with Crippen molar-refractivity contribution in [2.75, 3.05) is 17.4 Å². The van der Waals surface area contributed by atoms with Crippen molar-refractivity contribution in [3.63, 3.8) is 0 Å². The summed E-state index contributed by atoms with van der Waals surface area (Å²) in [6.45, 7) is 4.60. The van der Waals surface area contributed by atoms with Gasteiger partial charge in [-0.25, -0.2) is 8.42 Å². The zero-order valence-corrected chi connectivity index (χ0v) is 29.4. The highest BCUT2D eigenvalue weighted by atomic mass is 35.5. The van der Waals surface area contributed by atoms with Crippen molar-refractivity contribution in [2.45, 2.75) is 50.9 Å². The first-order chi connectivity index (χ1) is 23.1. The number of aryl methyl sites for hydroxylation is 1. The minimum absolute atomic E-state index is 0.0346. The normalized spacial score (nSPS) is 12.4. The summed E-state index contributed by atoms with van der Waals surface area (Å²) in [5, 5.41) is 3.27. The first-order valence-corrected chi connectivity index (χ1v) is 17.6. The second kappa shape index (κ2) is 16.1. The van der Waals surface area contributed by atoms with Crippen LogP contribution in [0.1, 0.15) is 36.1 Å². The Morgan fingerprint density at radius 2 is 1.47 bits per heavy atom. The van der Waals surface area contributed by atoms with E-state index in [1.807, 2.05) is 13.8 Å². The van der Waals surface area contributed by atoms with Crippen LogP contribution in [0.2, 0.25) is 10.0 Å². The Labute approximate surface area is 294 Å². The fourth-order valence-corrected chi connectivity index (χ4v) is 6.96. The number of hydrogen-bond donors (Lipinski definition) is 1. The molecule has 4 aromatic rings. The largest absolute Gasteiger partial charge is 0.416 e. The van der Waals surface area contributed by atoms with Gasteiger partial charge in [0.2, 0.25) is 11.8 Å². The molecule has 0 bridgehead atoms. The van der Waals surface area contributed by atoms with Gasteiger partial charge in [0, 0.05) is 35.1 Å².